The van der Waals surface area contributed by atoms with Gasteiger partial charge in [-0.15, -0.1) is 0 Å². The third-order valence-corrected chi connectivity index (χ3v) is 2.57. The van der Waals surface area contributed by atoms with Gasteiger partial charge < -0.3 is 14.5 Å². The second-order valence-corrected chi connectivity index (χ2v) is 3.73. The molecule has 16 heavy (non-hydrogen) atoms. The Morgan fingerprint density at radius 1 is 1.44 bits per heavy atom. The summed E-state index contributed by atoms with van der Waals surface area (Å²) in [4.78, 5) is 4.23. The predicted octanol–water partition coefficient (Wildman–Crippen LogP) is 1.63. The maximum Gasteiger partial charge on any atom is 0.225 e. The lowest BCUT2D eigenvalue weighted by atomic mass is 10.3. The minimum atomic E-state index is -0.310. The molecular formula is C11H11FN2O2. The summed E-state index contributed by atoms with van der Waals surface area (Å²) < 4.78 is 24.0. The van der Waals surface area contributed by atoms with Crippen molar-refractivity contribution in [3.05, 3.63) is 29.9 Å². The monoisotopic (exact) mass is 222 g/mol. The number of oxazole rings is 1. The van der Waals surface area contributed by atoms with Gasteiger partial charge >= 0.3 is 0 Å². The Morgan fingerprint density at radius 3 is 3.19 bits per heavy atom. The molecule has 0 amide bonds. The molecule has 0 aliphatic carbocycles. The van der Waals surface area contributed by atoms with Crippen LogP contribution in [0.4, 0.5) is 4.39 Å². The van der Waals surface area contributed by atoms with Crippen LogP contribution in [0, 0.1) is 5.82 Å². The highest BCUT2D eigenvalue weighted by molar-refractivity contribution is 5.72. The van der Waals surface area contributed by atoms with Crippen molar-refractivity contribution >= 4 is 11.1 Å². The van der Waals surface area contributed by atoms with Crippen LogP contribution in [-0.4, -0.2) is 24.7 Å². The quantitative estimate of drug-likeness (QED) is 0.796. The van der Waals surface area contributed by atoms with Gasteiger partial charge in [0, 0.05) is 19.2 Å². The van der Waals surface area contributed by atoms with Crippen molar-refractivity contribution in [2.45, 2.75) is 6.10 Å². The Kier molecular flexibility index (Phi) is 2.34. The van der Waals surface area contributed by atoms with Gasteiger partial charge in [0.2, 0.25) is 5.89 Å². The van der Waals surface area contributed by atoms with Gasteiger partial charge in [-0.25, -0.2) is 9.37 Å². The fraction of sp³-hybridized carbons (Fsp3) is 0.364. The minimum Gasteiger partial charge on any atom is -0.438 e. The van der Waals surface area contributed by atoms with E-state index in [2.05, 4.69) is 10.3 Å². The highest BCUT2D eigenvalue weighted by Crippen LogP contribution is 2.23. The van der Waals surface area contributed by atoms with Crippen LogP contribution in [0.5, 0.6) is 0 Å². The average Bonchev–Trinajstić information content (AvgIpc) is 2.73. The van der Waals surface area contributed by atoms with Crippen LogP contribution >= 0.6 is 0 Å². The van der Waals surface area contributed by atoms with Crippen LogP contribution in [-0.2, 0) is 4.74 Å². The second kappa shape index (κ2) is 3.84. The summed E-state index contributed by atoms with van der Waals surface area (Å²) in [5.74, 6) is 0.197. The van der Waals surface area contributed by atoms with E-state index in [1.165, 1.54) is 12.1 Å². The summed E-state index contributed by atoms with van der Waals surface area (Å²) >= 11 is 0. The van der Waals surface area contributed by atoms with E-state index in [4.69, 9.17) is 9.15 Å². The van der Waals surface area contributed by atoms with Crippen LogP contribution in [0.2, 0.25) is 0 Å². The molecule has 4 nitrogen and oxygen atoms in total. The molecule has 1 fully saturated rings. The van der Waals surface area contributed by atoms with E-state index in [0.29, 0.717) is 30.1 Å². The predicted molar refractivity (Wildman–Crippen MR) is 55.5 cm³/mol. The smallest absolute Gasteiger partial charge is 0.225 e. The molecule has 5 heteroatoms. The van der Waals surface area contributed by atoms with Crippen LogP contribution in [0.1, 0.15) is 12.0 Å². The third-order valence-electron chi connectivity index (χ3n) is 2.57. The molecule has 84 valence electrons. The lowest BCUT2D eigenvalue weighted by Crippen LogP contribution is -2.33. The van der Waals surface area contributed by atoms with Crippen molar-refractivity contribution in [1.29, 1.82) is 0 Å². The lowest BCUT2D eigenvalue weighted by molar-refractivity contribution is 0.0118. The van der Waals surface area contributed by atoms with Gasteiger partial charge in [0.15, 0.2) is 5.58 Å². The molecule has 1 unspecified atom stereocenters. The Labute approximate surface area is 91.4 Å². The van der Waals surface area contributed by atoms with E-state index in [9.17, 15) is 4.39 Å². The topological polar surface area (TPSA) is 47.3 Å². The van der Waals surface area contributed by atoms with Gasteiger partial charge in [0.1, 0.15) is 17.4 Å². The van der Waals surface area contributed by atoms with E-state index in [1.807, 2.05) is 0 Å². The molecule has 1 aromatic heterocycles. The number of ether oxygens (including phenoxy) is 1. The molecule has 1 aliphatic heterocycles. The van der Waals surface area contributed by atoms with Crippen molar-refractivity contribution in [2.24, 2.45) is 0 Å². The first-order valence-electron chi connectivity index (χ1n) is 5.21. The van der Waals surface area contributed by atoms with E-state index >= 15 is 0 Å². The number of morpholine rings is 1. The first-order chi connectivity index (χ1) is 7.83. The van der Waals surface area contributed by atoms with Crippen molar-refractivity contribution in [3.63, 3.8) is 0 Å². The summed E-state index contributed by atoms with van der Waals surface area (Å²) in [5.41, 5.74) is 1.12. The summed E-state index contributed by atoms with van der Waals surface area (Å²) in [6.07, 6.45) is -0.177. The number of nitrogens with one attached hydrogen (secondary N) is 1. The van der Waals surface area contributed by atoms with Crippen molar-refractivity contribution < 1.29 is 13.5 Å². The molecule has 1 saturated heterocycles. The Bertz CT molecular complexity index is 506. The van der Waals surface area contributed by atoms with Crippen LogP contribution in [0.15, 0.2) is 22.6 Å². The van der Waals surface area contributed by atoms with Crippen LogP contribution < -0.4 is 5.32 Å². The largest absolute Gasteiger partial charge is 0.438 e. The van der Waals surface area contributed by atoms with Crippen LogP contribution in [0.25, 0.3) is 11.1 Å². The summed E-state index contributed by atoms with van der Waals surface area (Å²) in [6, 6.07) is 4.30. The Balaban J connectivity index is 1.97. The SMILES string of the molecule is Fc1ccc2oc(C3CNCCO3)nc2c1. The zero-order chi connectivity index (χ0) is 11.0. The molecule has 1 atom stereocenters. The number of fused-ring (bicyclic) bond motifs is 1. The molecule has 0 saturated carbocycles. The van der Waals surface area contributed by atoms with E-state index < -0.39 is 0 Å². The van der Waals surface area contributed by atoms with Gasteiger partial charge in [-0.1, -0.05) is 0 Å². The van der Waals surface area contributed by atoms with Gasteiger partial charge in [-0.2, -0.15) is 0 Å². The average molecular weight is 222 g/mol. The molecule has 0 bridgehead atoms. The second-order valence-electron chi connectivity index (χ2n) is 3.73. The molecule has 1 aromatic carbocycles. The van der Waals surface area contributed by atoms with Gasteiger partial charge in [-0.3, -0.25) is 0 Å². The molecule has 2 heterocycles. The highest BCUT2D eigenvalue weighted by Gasteiger charge is 2.21. The van der Waals surface area contributed by atoms with Crippen molar-refractivity contribution in [2.75, 3.05) is 19.7 Å². The van der Waals surface area contributed by atoms with E-state index in [-0.39, 0.29) is 11.9 Å². The first-order valence-corrected chi connectivity index (χ1v) is 5.21. The molecule has 0 radical (unpaired) electrons. The van der Waals surface area contributed by atoms with E-state index in [1.54, 1.807) is 6.07 Å². The van der Waals surface area contributed by atoms with Crippen molar-refractivity contribution in [1.82, 2.24) is 10.3 Å². The maximum absolute atomic E-state index is 13.0. The van der Waals surface area contributed by atoms with Crippen LogP contribution in [0.3, 0.4) is 0 Å². The minimum absolute atomic E-state index is 0.177. The first kappa shape index (κ1) is 9.74. The number of hydrogen-bond donors (Lipinski definition) is 1. The molecule has 2 aromatic rings. The molecular weight excluding hydrogens is 211 g/mol. The zero-order valence-electron chi connectivity index (χ0n) is 8.57. The number of hydrogen-bond acceptors (Lipinski definition) is 4. The number of nitrogens with zero attached hydrogens (tertiary/aromatic N) is 1. The van der Waals surface area contributed by atoms with Crippen molar-refractivity contribution in [3.8, 4) is 0 Å². The molecule has 3 rings (SSSR count). The van der Waals surface area contributed by atoms with Gasteiger partial charge in [-0.05, 0) is 12.1 Å². The maximum atomic E-state index is 13.0. The third kappa shape index (κ3) is 1.68. The summed E-state index contributed by atoms with van der Waals surface area (Å²) in [7, 11) is 0. The lowest BCUT2D eigenvalue weighted by Gasteiger charge is -2.20. The molecule has 1 N–H and O–H groups in total. The fourth-order valence-electron chi connectivity index (χ4n) is 1.78. The summed E-state index contributed by atoms with van der Waals surface area (Å²) in [6.45, 7) is 2.15. The Morgan fingerprint density at radius 2 is 2.38 bits per heavy atom. The Hall–Kier alpha value is -1.46. The normalized spacial score (nSPS) is 21.4. The van der Waals surface area contributed by atoms with Gasteiger partial charge in [0.05, 0.1) is 6.61 Å². The number of benzene rings is 1. The zero-order valence-corrected chi connectivity index (χ0v) is 8.57. The molecule has 1 aliphatic rings. The highest BCUT2D eigenvalue weighted by atomic mass is 19.1. The van der Waals surface area contributed by atoms with E-state index in [0.717, 1.165) is 6.54 Å². The number of rotatable bonds is 1. The fourth-order valence-corrected chi connectivity index (χ4v) is 1.78. The number of halogens is 1. The number of aromatic nitrogens is 1. The van der Waals surface area contributed by atoms with Gasteiger partial charge in [0.25, 0.3) is 0 Å². The molecule has 0 spiro atoms. The summed E-state index contributed by atoms with van der Waals surface area (Å²) in [5, 5.41) is 3.19. The standard InChI is InChI=1S/C11H11FN2O2/c12-7-1-2-9-8(5-7)14-11(16-9)10-6-13-3-4-15-10/h1-2,5,10,13H,3-4,6H2.